The number of hydrogen-bond acceptors (Lipinski definition) is 3. The Morgan fingerprint density at radius 2 is 2.10 bits per heavy atom. The number of furan rings is 1. The van der Waals surface area contributed by atoms with Gasteiger partial charge in [-0.1, -0.05) is 24.3 Å². The quantitative estimate of drug-likeness (QED) is 0.771. The molecule has 4 rings (SSSR count). The lowest BCUT2D eigenvalue weighted by Crippen LogP contribution is -2.18. The van der Waals surface area contributed by atoms with Crippen molar-refractivity contribution in [1.29, 1.82) is 0 Å². The number of benzene rings is 1. The Morgan fingerprint density at radius 3 is 3.00 bits per heavy atom. The second-order valence-electron chi connectivity index (χ2n) is 5.68. The zero-order valence-electron chi connectivity index (χ0n) is 11.7. The molecule has 0 saturated heterocycles. The summed E-state index contributed by atoms with van der Waals surface area (Å²) in [5, 5.41) is 11.8. The number of aromatic nitrogens is 1. The minimum Gasteiger partial charge on any atom is -0.458 e. The smallest absolute Gasteiger partial charge is 0.134 e. The molecule has 1 aromatic carbocycles. The zero-order valence-corrected chi connectivity index (χ0v) is 11.7. The number of fused-ring (bicyclic) bond motifs is 2. The molecule has 3 heteroatoms. The van der Waals surface area contributed by atoms with E-state index in [1.54, 1.807) is 0 Å². The van der Waals surface area contributed by atoms with Crippen molar-refractivity contribution in [2.24, 2.45) is 0 Å². The minimum atomic E-state index is -0.633. The Bertz CT molecular complexity index is 744. The van der Waals surface area contributed by atoms with E-state index in [1.165, 1.54) is 5.56 Å². The van der Waals surface area contributed by atoms with E-state index in [-0.39, 0.29) is 5.92 Å². The molecule has 2 heterocycles. The van der Waals surface area contributed by atoms with E-state index in [9.17, 15) is 5.11 Å². The minimum absolute atomic E-state index is 0.0236. The average molecular weight is 279 g/mol. The van der Waals surface area contributed by atoms with Crippen LogP contribution in [0.25, 0.3) is 11.0 Å². The van der Waals surface area contributed by atoms with Gasteiger partial charge < -0.3 is 9.52 Å². The predicted molar refractivity (Wildman–Crippen MR) is 81.1 cm³/mol. The molecule has 2 atom stereocenters. The standard InChI is InChI=1S/C18H17NO2/c20-18(16-11-13-5-1-2-9-15(13)21-16)14-8-3-6-12-7-4-10-19-17(12)14/h1-2,4-5,7,9-11,14,18,20H,3,6,8H2. The highest BCUT2D eigenvalue weighted by molar-refractivity contribution is 5.77. The number of pyridine rings is 1. The Hall–Kier alpha value is -2.13. The molecule has 106 valence electrons. The van der Waals surface area contributed by atoms with E-state index >= 15 is 0 Å². The number of para-hydroxylation sites is 1. The number of rotatable bonds is 2. The van der Waals surface area contributed by atoms with Crippen molar-refractivity contribution in [2.45, 2.75) is 31.3 Å². The predicted octanol–water partition coefficient (Wildman–Crippen LogP) is 3.98. The molecule has 0 fully saturated rings. The van der Waals surface area contributed by atoms with Crippen LogP contribution in [-0.4, -0.2) is 10.1 Å². The van der Waals surface area contributed by atoms with Gasteiger partial charge in [0.15, 0.2) is 0 Å². The second-order valence-corrected chi connectivity index (χ2v) is 5.68. The first-order valence-corrected chi connectivity index (χ1v) is 7.43. The third-order valence-corrected chi connectivity index (χ3v) is 4.36. The van der Waals surface area contributed by atoms with Crippen LogP contribution in [0, 0.1) is 0 Å². The monoisotopic (exact) mass is 279 g/mol. The Labute approximate surface area is 123 Å². The largest absolute Gasteiger partial charge is 0.458 e. The normalized spacial score (nSPS) is 19.4. The van der Waals surface area contributed by atoms with Gasteiger partial charge in [-0.15, -0.1) is 0 Å². The van der Waals surface area contributed by atoms with Crippen molar-refractivity contribution in [2.75, 3.05) is 0 Å². The van der Waals surface area contributed by atoms with Crippen molar-refractivity contribution in [1.82, 2.24) is 4.98 Å². The van der Waals surface area contributed by atoms with Gasteiger partial charge in [-0.05, 0) is 43.0 Å². The molecule has 0 radical (unpaired) electrons. The van der Waals surface area contributed by atoms with Crippen LogP contribution in [-0.2, 0) is 6.42 Å². The van der Waals surface area contributed by atoms with Crippen molar-refractivity contribution in [3.05, 3.63) is 65.7 Å². The fraction of sp³-hybridized carbons (Fsp3) is 0.278. The third-order valence-electron chi connectivity index (χ3n) is 4.36. The first-order valence-electron chi connectivity index (χ1n) is 7.43. The molecular weight excluding hydrogens is 262 g/mol. The summed E-state index contributed by atoms with van der Waals surface area (Å²) >= 11 is 0. The van der Waals surface area contributed by atoms with E-state index in [0.717, 1.165) is 35.9 Å². The van der Waals surface area contributed by atoms with Crippen molar-refractivity contribution >= 4 is 11.0 Å². The maximum atomic E-state index is 10.8. The van der Waals surface area contributed by atoms with Crippen molar-refractivity contribution in [3.63, 3.8) is 0 Å². The molecule has 2 unspecified atom stereocenters. The van der Waals surface area contributed by atoms with Crippen LogP contribution in [0.5, 0.6) is 0 Å². The summed E-state index contributed by atoms with van der Waals surface area (Å²) in [6.45, 7) is 0. The number of nitrogens with zero attached hydrogens (tertiary/aromatic N) is 1. The van der Waals surface area contributed by atoms with Crippen LogP contribution >= 0.6 is 0 Å². The van der Waals surface area contributed by atoms with Gasteiger partial charge in [0, 0.05) is 23.2 Å². The van der Waals surface area contributed by atoms with Gasteiger partial charge in [-0.2, -0.15) is 0 Å². The molecule has 0 saturated carbocycles. The fourth-order valence-corrected chi connectivity index (χ4v) is 3.30. The van der Waals surface area contributed by atoms with E-state index in [1.807, 2.05) is 42.6 Å². The van der Waals surface area contributed by atoms with E-state index in [2.05, 4.69) is 11.1 Å². The number of aliphatic hydroxyl groups is 1. The highest BCUT2D eigenvalue weighted by atomic mass is 16.4. The molecule has 0 bridgehead atoms. The Balaban J connectivity index is 1.73. The lowest BCUT2D eigenvalue weighted by atomic mass is 9.82. The summed E-state index contributed by atoms with van der Waals surface area (Å²) in [4.78, 5) is 4.50. The van der Waals surface area contributed by atoms with E-state index in [4.69, 9.17) is 4.42 Å². The summed E-state index contributed by atoms with van der Waals surface area (Å²) in [6.07, 6.45) is 4.25. The maximum Gasteiger partial charge on any atom is 0.134 e. The fourth-order valence-electron chi connectivity index (χ4n) is 3.30. The molecule has 0 aliphatic heterocycles. The van der Waals surface area contributed by atoms with Gasteiger partial charge in [-0.25, -0.2) is 0 Å². The highest BCUT2D eigenvalue weighted by Crippen LogP contribution is 2.40. The van der Waals surface area contributed by atoms with Gasteiger partial charge in [-0.3, -0.25) is 4.98 Å². The number of aliphatic hydroxyl groups excluding tert-OH is 1. The summed E-state index contributed by atoms with van der Waals surface area (Å²) in [5.74, 6) is 0.662. The molecule has 1 aliphatic rings. The SMILES string of the molecule is OC(c1cc2ccccc2o1)C1CCCc2cccnc21. The Kier molecular flexibility index (Phi) is 3.00. The van der Waals surface area contributed by atoms with Crippen molar-refractivity contribution in [3.8, 4) is 0 Å². The van der Waals surface area contributed by atoms with Gasteiger partial charge in [0.2, 0.25) is 0 Å². The first-order chi connectivity index (χ1) is 10.3. The molecule has 0 spiro atoms. The summed E-state index contributed by atoms with van der Waals surface area (Å²) in [7, 11) is 0. The molecule has 3 nitrogen and oxygen atoms in total. The summed E-state index contributed by atoms with van der Waals surface area (Å²) < 4.78 is 5.82. The highest BCUT2D eigenvalue weighted by Gasteiger charge is 2.30. The summed E-state index contributed by atoms with van der Waals surface area (Å²) in [5.41, 5.74) is 3.10. The van der Waals surface area contributed by atoms with Gasteiger partial charge in [0.05, 0.1) is 0 Å². The van der Waals surface area contributed by atoms with Crippen LogP contribution in [0.15, 0.2) is 53.1 Å². The topological polar surface area (TPSA) is 46.3 Å². The third kappa shape index (κ3) is 2.14. The summed E-state index contributed by atoms with van der Waals surface area (Å²) in [6, 6.07) is 13.9. The molecule has 2 aromatic heterocycles. The lowest BCUT2D eigenvalue weighted by molar-refractivity contribution is 0.112. The first kappa shape index (κ1) is 12.6. The van der Waals surface area contributed by atoms with E-state index < -0.39 is 6.10 Å². The second kappa shape index (κ2) is 5.01. The van der Waals surface area contributed by atoms with Gasteiger partial charge in [0.25, 0.3) is 0 Å². The van der Waals surface area contributed by atoms with Crippen LogP contribution in [0.4, 0.5) is 0 Å². The Morgan fingerprint density at radius 1 is 1.19 bits per heavy atom. The molecular formula is C18H17NO2. The zero-order chi connectivity index (χ0) is 14.2. The average Bonchev–Trinajstić information content (AvgIpc) is 2.97. The van der Waals surface area contributed by atoms with Gasteiger partial charge in [0.1, 0.15) is 17.4 Å². The van der Waals surface area contributed by atoms with Crippen LogP contribution < -0.4 is 0 Å². The van der Waals surface area contributed by atoms with Crippen LogP contribution in [0.1, 0.15) is 41.9 Å². The van der Waals surface area contributed by atoms with E-state index in [0.29, 0.717) is 5.76 Å². The number of hydrogen-bond donors (Lipinski definition) is 1. The molecule has 3 aromatic rings. The van der Waals surface area contributed by atoms with Crippen molar-refractivity contribution < 1.29 is 9.52 Å². The number of aryl methyl sites for hydroxylation is 1. The van der Waals surface area contributed by atoms with Gasteiger partial charge >= 0.3 is 0 Å². The molecule has 0 amide bonds. The molecule has 21 heavy (non-hydrogen) atoms. The molecule has 1 N–H and O–H groups in total. The lowest BCUT2D eigenvalue weighted by Gasteiger charge is -2.27. The molecule has 1 aliphatic carbocycles. The van der Waals surface area contributed by atoms with Crippen LogP contribution in [0.2, 0.25) is 0 Å². The maximum absolute atomic E-state index is 10.8. The van der Waals surface area contributed by atoms with Crippen LogP contribution in [0.3, 0.4) is 0 Å².